The van der Waals surface area contributed by atoms with Crippen LogP contribution in [-0.4, -0.2) is 23.9 Å². The molecule has 4 heteroatoms. The number of thiophene rings is 1. The zero-order valence-electron chi connectivity index (χ0n) is 10.8. The first kappa shape index (κ1) is 14.2. The summed E-state index contributed by atoms with van der Waals surface area (Å²) in [4.78, 5) is 15.0. The van der Waals surface area contributed by atoms with Gasteiger partial charge in [0.1, 0.15) is 0 Å². The van der Waals surface area contributed by atoms with Gasteiger partial charge in [-0.05, 0) is 24.8 Å². The average molecular weight is 254 g/mol. The van der Waals surface area contributed by atoms with Gasteiger partial charge in [-0.25, -0.2) is 0 Å². The molecule has 0 saturated heterocycles. The zero-order valence-corrected chi connectivity index (χ0v) is 11.7. The average Bonchev–Trinajstić information content (AvgIpc) is 2.86. The van der Waals surface area contributed by atoms with Gasteiger partial charge >= 0.3 is 0 Å². The van der Waals surface area contributed by atoms with Gasteiger partial charge in [-0.3, -0.25) is 4.79 Å². The van der Waals surface area contributed by atoms with Gasteiger partial charge in [0, 0.05) is 11.9 Å². The normalized spacial score (nSPS) is 14.4. The fourth-order valence-electron chi connectivity index (χ4n) is 1.72. The second-order valence-electron chi connectivity index (χ2n) is 4.39. The molecule has 2 N–H and O–H groups in total. The van der Waals surface area contributed by atoms with E-state index in [9.17, 15) is 4.79 Å². The number of hydrogen-bond donors (Lipinski definition) is 1. The Morgan fingerprint density at radius 3 is 2.82 bits per heavy atom. The molecule has 0 aliphatic rings. The number of likely N-dealkylation sites (N-methyl/N-ethyl adjacent to an activating group) is 1. The topological polar surface area (TPSA) is 46.3 Å². The van der Waals surface area contributed by atoms with Crippen LogP contribution in [0.2, 0.25) is 0 Å². The van der Waals surface area contributed by atoms with E-state index in [1.165, 1.54) is 4.88 Å². The number of carbonyl (C=O) groups excluding carboxylic acids is 1. The highest BCUT2D eigenvalue weighted by molar-refractivity contribution is 7.10. The van der Waals surface area contributed by atoms with E-state index < -0.39 is 0 Å². The Morgan fingerprint density at radius 2 is 2.29 bits per heavy atom. The van der Waals surface area contributed by atoms with Gasteiger partial charge in [-0.15, -0.1) is 11.3 Å². The lowest BCUT2D eigenvalue weighted by atomic mass is 10.1. The van der Waals surface area contributed by atoms with Crippen LogP contribution in [0.3, 0.4) is 0 Å². The first-order chi connectivity index (χ1) is 8.07. The zero-order chi connectivity index (χ0) is 12.8. The minimum atomic E-state index is -0.359. The summed E-state index contributed by atoms with van der Waals surface area (Å²) in [7, 11) is 1.83. The van der Waals surface area contributed by atoms with Gasteiger partial charge in [0.25, 0.3) is 0 Å². The van der Waals surface area contributed by atoms with Crippen molar-refractivity contribution < 1.29 is 4.79 Å². The van der Waals surface area contributed by atoms with E-state index >= 15 is 0 Å². The van der Waals surface area contributed by atoms with Gasteiger partial charge in [0.15, 0.2) is 0 Å². The highest BCUT2D eigenvalue weighted by Crippen LogP contribution is 2.23. The highest BCUT2D eigenvalue weighted by Gasteiger charge is 2.22. The van der Waals surface area contributed by atoms with Crippen LogP contribution in [-0.2, 0) is 4.79 Å². The number of rotatable bonds is 6. The van der Waals surface area contributed by atoms with Crippen molar-refractivity contribution in [1.82, 2.24) is 4.90 Å². The van der Waals surface area contributed by atoms with E-state index in [0.29, 0.717) is 0 Å². The Hall–Kier alpha value is -0.870. The van der Waals surface area contributed by atoms with Crippen molar-refractivity contribution in [3.05, 3.63) is 22.4 Å². The fraction of sp³-hybridized carbons (Fsp3) is 0.615. The molecule has 0 aliphatic carbocycles. The summed E-state index contributed by atoms with van der Waals surface area (Å²) in [5, 5.41) is 2.03. The van der Waals surface area contributed by atoms with Crippen LogP contribution in [0.15, 0.2) is 17.5 Å². The number of amides is 1. The molecule has 3 nitrogen and oxygen atoms in total. The number of hydrogen-bond acceptors (Lipinski definition) is 3. The Balaban J connectivity index is 2.57. The molecule has 0 bridgehead atoms. The van der Waals surface area contributed by atoms with E-state index in [2.05, 4.69) is 13.0 Å². The van der Waals surface area contributed by atoms with Crippen LogP contribution in [0.1, 0.15) is 44.0 Å². The number of nitrogens with two attached hydrogens (primary N) is 1. The monoisotopic (exact) mass is 254 g/mol. The standard InChI is InChI=1S/C13H22N2OS/c1-4-5-7-11(14)13(16)15(3)10(2)12-8-6-9-17-12/h6,8-11H,4-5,7,14H2,1-3H3/t10?,11-/m0/s1. The summed E-state index contributed by atoms with van der Waals surface area (Å²) in [5.41, 5.74) is 5.91. The van der Waals surface area contributed by atoms with Gasteiger partial charge in [0.2, 0.25) is 5.91 Å². The molecule has 1 aromatic rings. The number of nitrogens with zero attached hydrogens (tertiary/aromatic N) is 1. The van der Waals surface area contributed by atoms with Crippen LogP contribution < -0.4 is 5.73 Å². The predicted molar refractivity (Wildman–Crippen MR) is 73.0 cm³/mol. The van der Waals surface area contributed by atoms with E-state index in [0.717, 1.165) is 19.3 Å². The molecule has 96 valence electrons. The van der Waals surface area contributed by atoms with Gasteiger partial charge in [0.05, 0.1) is 12.1 Å². The largest absolute Gasteiger partial charge is 0.337 e. The summed E-state index contributed by atoms with van der Waals surface area (Å²) in [6.07, 6.45) is 2.86. The third-order valence-corrected chi connectivity index (χ3v) is 4.11. The van der Waals surface area contributed by atoms with E-state index in [1.807, 2.05) is 25.4 Å². The molecular weight excluding hydrogens is 232 g/mol. The van der Waals surface area contributed by atoms with Crippen molar-refractivity contribution in [2.75, 3.05) is 7.05 Å². The molecule has 0 fully saturated rings. The van der Waals surface area contributed by atoms with Gasteiger partial charge in [-0.1, -0.05) is 25.8 Å². The lowest BCUT2D eigenvalue weighted by Gasteiger charge is -2.27. The smallest absolute Gasteiger partial charge is 0.239 e. The molecule has 1 unspecified atom stereocenters. The highest BCUT2D eigenvalue weighted by atomic mass is 32.1. The summed E-state index contributed by atoms with van der Waals surface area (Å²) in [6, 6.07) is 3.81. The van der Waals surface area contributed by atoms with Crippen molar-refractivity contribution in [1.29, 1.82) is 0 Å². The lowest BCUT2D eigenvalue weighted by Crippen LogP contribution is -2.42. The lowest BCUT2D eigenvalue weighted by molar-refractivity contribution is -0.133. The molecule has 0 aromatic carbocycles. The van der Waals surface area contributed by atoms with Crippen molar-refractivity contribution in [2.24, 2.45) is 5.73 Å². The summed E-state index contributed by atoms with van der Waals surface area (Å²) in [5.74, 6) is 0.0411. The van der Waals surface area contributed by atoms with Crippen molar-refractivity contribution >= 4 is 17.2 Å². The molecule has 0 aliphatic heterocycles. The van der Waals surface area contributed by atoms with E-state index in [4.69, 9.17) is 5.73 Å². The Kier molecular flexibility index (Phi) is 5.65. The minimum Gasteiger partial charge on any atom is -0.337 e. The second kappa shape index (κ2) is 6.77. The molecule has 1 amide bonds. The maximum Gasteiger partial charge on any atom is 0.239 e. The van der Waals surface area contributed by atoms with Crippen LogP contribution in [0.4, 0.5) is 0 Å². The molecule has 0 saturated carbocycles. The molecule has 0 radical (unpaired) electrons. The minimum absolute atomic E-state index is 0.0411. The maximum absolute atomic E-state index is 12.1. The molecule has 17 heavy (non-hydrogen) atoms. The molecule has 1 rings (SSSR count). The van der Waals surface area contributed by atoms with Crippen molar-refractivity contribution in [3.8, 4) is 0 Å². The fourth-order valence-corrected chi connectivity index (χ4v) is 2.55. The predicted octanol–water partition coefficient (Wildman–Crippen LogP) is 2.79. The summed E-state index contributed by atoms with van der Waals surface area (Å²) >= 11 is 1.67. The molecule has 0 spiro atoms. The van der Waals surface area contributed by atoms with Gasteiger partial charge in [-0.2, -0.15) is 0 Å². The Labute approximate surface area is 108 Å². The first-order valence-corrected chi connectivity index (χ1v) is 7.01. The summed E-state index contributed by atoms with van der Waals surface area (Å²) in [6.45, 7) is 4.14. The quantitative estimate of drug-likeness (QED) is 0.848. The van der Waals surface area contributed by atoms with Crippen molar-refractivity contribution in [2.45, 2.75) is 45.2 Å². The third kappa shape index (κ3) is 3.82. The first-order valence-electron chi connectivity index (χ1n) is 6.13. The SMILES string of the molecule is CCCC[C@H](N)C(=O)N(C)C(C)c1cccs1. The summed E-state index contributed by atoms with van der Waals surface area (Å²) < 4.78 is 0. The molecule has 1 heterocycles. The second-order valence-corrected chi connectivity index (χ2v) is 5.37. The molecular formula is C13H22N2OS. The van der Waals surface area contributed by atoms with E-state index in [-0.39, 0.29) is 18.0 Å². The number of unbranched alkanes of at least 4 members (excludes halogenated alkanes) is 1. The molecule has 2 atom stereocenters. The Morgan fingerprint density at radius 1 is 1.59 bits per heavy atom. The van der Waals surface area contributed by atoms with Crippen LogP contribution in [0, 0.1) is 0 Å². The third-order valence-electron chi connectivity index (χ3n) is 3.07. The molecule has 1 aromatic heterocycles. The van der Waals surface area contributed by atoms with E-state index in [1.54, 1.807) is 16.2 Å². The number of carbonyl (C=O) groups is 1. The van der Waals surface area contributed by atoms with Crippen molar-refractivity contribution in [3.63, 3.8) is 0 Å². The Bertz CT molecular complexity index is 337. The maximum atomic E-state index is 12.1. The van der Waals surface area contributed by atoms with Crippen LogP contribution >= 0.6 is 11.3 Å². The van der Waals surface area contributed by atoms with Crippen LogP contribution in [0.5, 0.6) is 0 Å². The van der Waals surface area contributed by atoms with Gasteiger partial charge < -0.3 is 10.6 Å². The van der Waals surface area contributed by atoms with Crippen LogP contribution in [0.25, 0.3) is 0 Å².